The molecule has 0 bridgehead atoms. The van der Waals surface area contributed by atoms with E-state index in [1.54, 1.807) is 51.1 Å². The normalized spacial score (nSPS) is 11.6. The van der Waals surface area contributed by atoms with Crippen LogP contribution in [0.5, 0.6) is 17.2 Å². The molecule has 0 amide bonds. The monoisotopic (exact) mass is 312 g/mol. The lowest BCUT2D eigenvalue weighted by Crippen LogP contribution is -2.25. The van der Waals surface area contributed by atoms with Gasteiger partial charge in [0.05, 0.1) is 5.41 Å². The summed E-state index contributed by atoms with van der Waals surface area (Å²) in [5.41, 5.74) is 1.05. The van der Waals surface area contributed by atoms with Gasteiger partial charge in [0.2, 0.25) is 0 Å². The zero-order valence-corrected chi connectivity index (χ0v) is 13.4. The van der Waals surface area contributed by atoms with Crippen molar-refractivity contribution in [1.82, 2.24) is 0 Å². The van der Waals surface area contributed by atoms with Crippen LogP contribution in [0.2, 0.25) is 0 Å². The maximum absolute atomic E-state index is 11.8. The molecule has 0 aliphatic rings. The summed E-state index contributed by atoms with van der Waals surface area (Å²) in [5, 5.41) is 18.9. The fourth-order valence-corrected chi connectivity index (χ4v) is 1.81. The molecule has 0 saturated heterocycles. The molecule has 0 heterocycles. The largest absolute Gasteiger partial charge is 0.508 e. The van der Waals surface area contributed by atoms with Crippen molar-refractivity contribution in [2.45, 2.75) is 20.8 Å². The van der Waals surface area contributed by atoms with Gasteiger partial charge in [0, 0.05) is 6.07 Å². The van der Waals surface area contributed by atoms with E-state index in [0.29, 0.717) is 11.3 Å². The Labute approximate surface area is 135 Å². The number of hydrogen-bond donors (Lipinski definition) is 2. The standard InChI is InChI=1S/C19H20O4/c1-19(2,3)18(22)23-17-8-6-13(7-9-17)4-5-14-10-15(20)12-16(21)11-14/h4-12,20-21H,1-3H3/b5-4+. The fourth-order valence-electron chi connectivity index (χ4n) is 1.81. The summed E-state index contributed by atoms with van der Waals surface area (Å²) in [6.07, 6.45) is 3.61. The number of phenolic OH excluding ortho intramolecular Hbond substituents is 2. The topological polar surface area (TPSA) is 66.8 Å². The van der Waals surface area contributed by atoms with Crippen LogP contribution in [0.25, 0.3) is 12.2 Å². The third-order valence-corrected chi connectivity index (χ3v) is 3.10. The molecular formula is C19H20O4. The molecule has 0 aromatic heterocycles. The van der Waals surface area contributed by atoms with Gasteiger partial charge < -0.3 is 14.9 Å². The number of aromatic hydroxyl groups is 2. The van der Waals surface area contributed by atoms with Crippen molar-refractivity contribution in [3.63, 3.8) is 0 Å². The summed E-state index contributed by atoms with van der Waals surface area (Å²) in [5.74, 6) is 0.233. The van der Waals surface area contributed by atoms with Gasteiger partial charge in [0.1, 0.15) is 17.2 Å². The summed E-state index contributed by atoms with van der Waals surface area (Å²) in [6, 6.07) is 11.5. The Morgan fingerprint density at radius 1 is 0.913 bits per heavy atom. The summed E-state index contributed by atoms with van der Waals surface area (Å²) in [6.45, 7) is 5.41. The molecule has 0 fully saturated rings. The van der Waals surface area contributed by atoms with E-state index in [1.807, 2.05) is 18.2 Å². The van der Waals surface area contributed by atoms with Crippen LogP contribution in [-0.2, 0) is 4.79 Å². The number of rotatable bonds is 3. The Hall–Kier alpha value is -2.75. The molecule has 0 atom stereocenters. The van der Waals surface area contributed by atoms with Crippen molar-refractivity contribution in [2.75, 3.05) is 0 Å². The zero-order chi connectivity index (χ0) is 17.0. The second-order valence-electron chi connectivity index (χ2n) is 6.32. The van der Waals surface area contributed by atoms with Crippen LogP contribution in [0.15, 0.2) is 42.5 Å². The van der Waals surface area contributed by atoms with Crippen molar-refractivity contribution in [2.24, 2.45) is 5.41 Å². The van der Waals surface area contributed by atoms with Gasteiger partial charge in [-0.1, -0.05) is 24.3 Å². The van der Waals surface area contributed by atoms with Crippen LogP contribution < -0.4 is 4.74 Å². The quantitative estimate of drug-likeness (QED) is 0.506. The Kier molecular flexibility index (Phi) is 4.74. The predicted molar refractivity (Wildman–Crippen MR) is 90.2 cm³/mol. The SMILES string of the molecule is CC(C)(C)C(=O)Oc1ccc(/C=C/c2cc(O)cc(O)c2)cc1. The van der Waals surface area contributed by atoms with Gasteiger partial charge in [-0.2, -0.15) is 0 Å². The minimum atomic E-state index is -0.546. The van der Waals surface area contributed by atoms with Gasteiger partial charge in [-0.3, -0.25) is 4.79 Å². The number of carbonyl (C=O) groups excluding carboxylic acids is 1. The highest BCUT2D eigenvalue weighted by molar-refractivity contribution is 5.78. The number of ether oxygens (including phenoxy) is 1. The Balaban J connectivity index is 2.08. The molecule has 2 N–H and O–H groups in total. The second kappa shape index (κ2) is 6.57. The lowest BCUT2D eigenvalue weighted by atomic mass is 9.97. The molecule has 0 unspecified atom stereocenters. The smallest absolute Gasteiger partial charge is 0.316 e. The van der Waals surface area contributed by atoms with Gasteiger partial charge in [0.15, 0.2) is 0 Å². The van der Waals surface area contributed by atoms with E-state index < -0.39 is 5.41 Å². The van der Waals surface area contributed by atoms with Gasteiger partial charge >= 0.3 is 5.97 Å². The van der Waals surface area contributed by atoms with E-state index in [0.717, 1.165) is 5.56 Å². The molecular weight excluding hydrogens is 292 g/mol. The maximum Gasteiger partial charge on any atom is 0.316 e. The molecule has 0 radical (unpaired) electrons. The van der Waals surface area contributed by atoms with Crippen molar-refractivity contribution >= 4 is 18.1 Å². The van der Waals surface area contributed by atoms with Gasteiger partial charge in [-0.05, 0) is 56.2 Å². The molecule has 120 valence electrons. The average Bonchev–Trinajstić information content (AvgIpc) is 2.44. The number of hydrogen-bond acceptors (Lipinski definition) is 4. The van der Waals surface area contributed by atoms with E-state index in [9.17, 15) is 15.0 Å². The molecule has 0 saturated carbocycles. The summed E-state index contributed by atoms with van der Waals surface area (Å²) >= 11 is 0. The van der Waals surface area contributed by atoms with Crippen LogP contribution in [0.1, 0.15) is 31.9 Å². The van der Waals surface area contributed by atoms with Crippen molar-refractivity contribution < 1.29 is 19.7 Å². The molecule has 4 nitrogen and oxygen atoms in total. The average molecular weight is 312 g/mol. The first-order valence-electron chi connectivity index (χ1n) is 7.27. The lowest BCUT2D eigenvalue weighted by Gasteiger charge is -2.16. The highest BCUT2D eigenvalue weighted by Gasteiger charge is 2.23. The zero-order valence-electron chi connectivity index (χ0n) is 13.4. The maximum atomic E-state index is 11.8. The molecule has 0 aliphatic heterocycles. The lowest BCUT2D eigenvalue weighted by molar-refractivity contribution is -0.142. The van der Waals surface area contributed by atoms with Gasteiger partial charge in [-0.25, -0.2) is 0 Å². The third kappa shape index (κ3) is 4.88. The van der Waals surface area contributed by atoms with Crippen molar-refractivity contribution in [1.29, 1.82) is 0 Å². The highest BCUT2D eigenvalue weighted by Crippen LogP contribution is 2.23. The van der Waals surface area contributed by atoms with E-state index in [1.165, 1.54) is 6.07 Å². The third-order valence-electron chi connectivity index (χ3n) is 3.10. The summed E-state index contributed by atoms with van der Waals surface area (Å²) < 4.78 is 5.30. The second-order valence-corrected chi connectivity index (χ2v) is 6.32. The fraction of sp³-hybridized carbons (Fsp3) is 0.211. The Morgan fingerprint density at radius 3 is 1.96 bits per heavy atom. The number of esters is 1. The molecule has 4 heteroatoms. The van der Waals surface area contributed by atoms with Crippen LogP contribution in [0.4, 0.5) is 0 Å². The van der Waals surface area contributed by atoms with E-state index >= 15 is 0 Å². The first kappa shape index (κ1) is 16.6. The van der Waals surface area contributed by atoms with Crippen LogP contribution in [-0.4, -0.2) is 16.2 Å². The number of benzene rings is 2. The first-order chi connectivity index (χ1) is 10.7. The summed E-state index contributed by atoms with van der Waals surface area (Å²) in [4.78, 5) is 11.8. The molecule has 2 rings (SSSR count). The van der Waals surface area contributed by atoms with E-state index in [-0.39, 0.29) is 17.5 Å². The summed E-state index contributed by atoms with van der Waals surface area (Å²) in [7, 11) is 0. The molecule has 0 aliphatic carbocycles. The molecule has 2 aromatic carbocycles. The number of phenols is 2. The van der Waals surface area contributed by atoms with Crippen molar-refractivity contribution in [3.05, 3.63) is 53.6 Å². The first-order valence-corrected chi connectivity index (χ1v) is 7.27. The minimum absolute atomic E-state index is 0.00842. The minimum Gasteiger partial charge on any atom is -0.508 e. The number of carbonyl (C=O) groups is 1. The Morgan fingerprint density at radius 2 is 1.43 bits per heavy atom. The van der Waals surface area contributed by atoms with Crippen LogP contribution in [0, 0.1) is 5.41 Å². The van der Waals surface area contributed by atoms with Crippen LogP contribution in [0.3, 0.4) is 0 Å². The Bertz CT molecular complexity index is 702. The molecule has 23 heavy (non-hydrogen) atoms. The van der Waals surface area contributed by atoms with Gasteiger partial charge in [-0.15, -0.1) is 0 Å². The van der Waals surface area contributed by atoms with Gasteiger partial charge in [0.25, 0.3) is 0 Å². The molecule has 0 spiro atoms. The van der Waals surface area contributed by atoms with E-state index in [4.69, 9.17) is 4.74 Å². The van der Waals surface area contributed by atoms with Crippen LogP contribution >= 0.6 is 0 Å². The highest BCUT2D eigenvalue weighted by atomic mass is 16.5. The predicted octanol–water partition coefficient (Wildman–Crippen LogP) is 4.22. The molecule has 2 aromatic rings. The van der Waals surface area contributed by atoms with E-state index in [2.05, 4.69) is 0 Å². The van der Waals surface area contributed by atoms with Crippen molar-refractivity contribution in [3.8, 4) is 17.2 Å².